The van der Waals surface area contributed by atoms with Gasteiger partial charge >= 0.3 is 0 Å². The van der Waals surface area contributed by atoms with Crippen molar-refractivity contribution in [1.29, 1.82) is 0 Å². The molecule has 0 fully saturated rings. The highest BCUT2D eigenvalue weighted by Crippen LogP contribution is 2.14. The fourth-order valence-electron chi connectivity index (χ4n) is 2.29. The molecule has 3 rings (SSSR count). The van der Waals surface area contributed by atoms with E-state index in [1.165, 1.54) is 0 Å². The Morgan fingerprint density at radius 2 is 1.92 bits per heavy atom. The van der Waals surface area contributed by atoms with Gasteiger partial charge in [-0.3, -0.25) is 9.59 Å². The molecule has 3 aromatic rings. The molecule has 0 aliphatic heterocycles. The average molecular weight is 335 g/mol. The molecule has 0 radical (unpaired) electrons. The summed E-state index contributed by atoms with van der Waals surface area (Å²) in [5.74, 6) is 1.19. The zero-order valence-corrected chi connectivity index (χ0v) is 13.5. The van der Waals surface area contributed by atoms with Gasteiger partial charge in [-0.05, 0) is 54.1 Å². The van der Waals surface area contributed by atoms with Crippen LogP contribution in [0.15, 0.2) is 71.3 Å². The van der Waals surface area contributed by atoms with Crippen molar-refractivity contribution in [3.8, 4) is 5.75 Å². The largest absolute Gasteiger partial charge is 0.489 e. The van der Waals surface area contributed by atoms with Gasteiger partial charge in [0.25, 0.3) is 5.91 Å². The molecule has 25 heavy (non-hydrogen) atoms. The minimum Gasteiger partial charge on any atom is -0.489 e. The minimum atomic E-state index is -0.173. The number of furan rings is 1. The van der Waals surface area contributed by atoms with E-state index in [1.54, 1.807) is 54.8 Å². The molecule has 0 saturated carbocycles. The van der Waals surface area contributed by atoms with Crippen molar-refractivity contribution >= 4 is 12.2 Å². The van der Waals surface area contributed by atoms with Crippen LogP contribution < -0.4 is 10.1 Å². The van der Waals surface area contributed by atoms with Gasteiger partial charge in [0.1, 0.15) is 24.4 Å². The van der Waals surface area contributed by atoms with E-state index in [2.05, 4.69) is 5.32 Å². The first-order valence-electron chi connectivity index (χ1n) is 7.82. The zero-order valence-electron chi connectivity index (χ0n) is 13.5. The van der Waals surface area contributed by atoms with Crippen LogP contribution in [0.4, 0.5) is 0 Å². The molecule has 0 spiro atoms. The summed E-state index contributed by atoms with van der Waals surface area (Å²) >= 11 is 0. The fraction of sp³-hybridized carbons (Fsp3) is 0.100. The van der Waals surface area contributed by atoms with Gasteiger partial charge in [-0.2, -0.15) is 0 Å². The highest BCUT2D eigenvalue weighted by atomic mass is 16.5. The topological polar surface area (TPSA) is 68.5 Å². The third kappa shape index (κ3) is 4.57. The Morgan fingerprint density at radius 3 is 2.64 bits per heavy atom. The first-order valence-corrected chi connectivity index (χ1v) is 7.82. The molecule has 5 heteroatoms. The Bertz CT molecular complexity index is 838. The van der Waals surface area contributed by atoms with Crippen LogP contribution in [0, 0.1) is 0 Å². The fourth-order valence-corrected chi connectivity index (χ4v) is 2.29. The predicted octanol–water partition coefficient (Wildman–Crippen LogP) is 3.60. The smallest absolute Gasteiger partial charge is 0.251 e. The lowest BCUT2D eigenvalue weighted by molar-refractivity contribution is 0.0947. The first kappa shape index (κ1) is 16.5. The van der Waals surface area contributed by atoms with Gasteiger partial charge in [0.05, 0.1) is 12.8 Å². The standard InChI is InChI=1S/C20H17NO4/c22-13-15-6-8-18(9-7-15)25-14-16-3-1-4-17(11-16)20(23)21-12-19-5-2-10-24-19/h1-11,13H,12,14H2,(H,21,23). The zero-order chi connectivity index (χ0) is 17.5. The van der Waals surface area contributed by atoms with E-state index in [0.29, 0.717) is 35.8 Å². The van der Waals surface area contributed by atoms with Crippen LogP contribution in [0.2, 0.25) is 0 Å². The van der Waals surface area contributed by atoms with Gasteiger partial charge in [-0.25, -0.2) is 0 Å². The summed E-state index contributed by atoms with van der Waals surface area (Å²) in [4.78, 5) is 22.9. The maximum Gasteiger partial charge on any atom is 0.251 e. The number of aldehydes is 1. The molecule has 0 saturated heterocycles. The van der Waals surface area contributed by atoms with E-state index in [-0.39, 0.29) is 5.91 Å². The Kier molecular flexibility index (Phi) is 5.26. The molecular formula is C20H17NO4. The lowest BCUT2D eigenvalue weighted by Crippen LogP contribution is -2.22. The van der Waals surface area contributed by atoms with Crippen molar-refractivity contribution in [2.75, 3.05) is 0 Å². The average Bonchev–Trinajstić information content (AvgIpc) is 3.19. The molecule has 1 heterocycles. The van der Waals surface area contributed by atoms with Crippen LogP contribution in [0.25, 0.3) is 0 Å². The van der Waals surface area contributed by atoms with Gasteiger partial charge < -0.3 is 14.5 Å². The minimum absolute atomic E-state index is 0.173. The number of benzene rings is 2. The number of carbonyl (C=O) groups is 2. The summed E-state index contributed by atoms with van der Waals surface area (Å²) in [6, 6.07) is 17.7. The molecule has 1 amide bonds. The lowest BCUT2D eigenvalue weighted by Gasteiger charge is -2.08. The molecule has 1 N–H and O–H groups in total. The summed E-state index contributed by atoms with van der Waals surface area (Å²) in [5, 5.41) is 2.81. The molecule has 0 aliphatic carbocycles. The number of nitrogens with one attached hydrogen (secondary N) is 1. The van der Waals surface area contributed by atoms with Crippen molar-refractivity contribution in [1.82, 2.24) is 5.32 Å². The van der Waals surface area contributed by atoms with Crippen molar-refractivity contribution in [3.63, 3.8) is 0 Å². The van der Waals surface area contributed by atoms with Crippen molar-refractivity contribution in [3.05, 3.63) is 89.4 Å². The number of hydrogen-bond donors (Lipinski definition) is 1. The molecule has 2 aromatic carbocycles. The van der Waals surface area contributed by atoms with Gasteiger partial charge in [0.2, 0.25) is 0 Å². The Labute approximate surface area is 145 Å². The molecule has 5 nitrogen and oxygen atoms in total. The molecule has 0 aliphatic rings. The highest BCUT2D eigenvalue weighted by molar-refractivity contribution is 5.94. The van der Waals surface area contributed by atoms with Crippen LogP contribution in [0.1, 0.15) is 32.0 Å². The Morgan fingerprint density at radius 1 is 1.08 bits per heavy atom. The summed E-state index contributed by atoms with van der Waals surface area (Å²) in [7, 11) is 0. The Balaban J connectivity index is 1.58. The van der Waals surface area contributed by atoms with E-state index in [4.69, 9.17) is 9.15 Å². The van der Waals surface area contributed by atoms with Gasteiger partial charge in [-0.15, -0.1) is 0 Å². The van der Waals surface area contributed by atoms with E-state index in [9.17, 15) is 9.59 Å². The van der Waals surface area contributed by atoms with Crippen molar-refractivity contribution in [2.24, 2.45) is 0 Å². The molecule has 0 atom stereocenters. The number of carbonyl (C=O) groups excluding carboxylic acids is 2. The normalized spacial score (nSPS) is 10.2. The van der Waals surface area contributed by atoms with Crippen LogP contribution in [0.3, 0.4) is 0 Å². The highest BCUT2D eigenvalue weighted by Gasteiger charge is 2.07. The second-order valence-electron chi connectivity index (χ2n) is 5.44. The van der Waals surface area contributed by atoms with Crippen LogP contribution in [0.5, 0.6) is 5.75 Å². The summed E-state index contributed by atoms with van der Waals surface area (Å²) in [6.45, 7) is 0.676. The maximum absolute atomic E-state index is 12.2. The quantitative estimate of drug-likeness (QED) is 0.670. The number of amides is 1. The van der Waals surface area contributed by atoms with Crippen molar-refractivity contribution < 1.29 is 18.7 Å². The Hall–Kier alpha value is -3.34. The molecular weight excluding hydrogens is 318 g/mol. The van der Waals surface area contributed by atoms with Gasteiger partial charge in [0.15, 0.2) is 0 Å². The van der Waals surface area contributed by atoms with Crippen LogP contribution >= 0.6 is 0 Å². The van der Waals surface area contributed by atoms with Crippen molar-refractivity contribution in [2.45, 2.75) is 13.2 Å². The number of rotatable bonds is 7. The van der Waals surface area contributed by atoms with E-state index in [1.807, 2.05) is 12.1 Å². The maximum atomic E-state index is 12.2. The monoisotopic (exact) mass is 335 g/mol. The first-order chi connectivity index (χ1) is 12.2. The second kappa shape index (κ2) is 7.97. The van der Waals surface area contributed by atoms with E-state index >= 15 is 0 Å². The van der Waals surface area contributed by atoms with E-state index < -0.39 is 0 Å². The molecule has 1 aromatic heterocycles. The number of hydrogen-bond acceptors (Lipinski definition) is 4. The third-order valence-corrected chi connectivity index (χ3v) is 3.61. The third-order valence-electron chi connectivity index (χ3n) is 3.61. The van der Waals surface area contributed by atoms with Crippen LogP contribution in [-0.4, -0.2) is 12.2 Å². The van der Waals surface area contributed by atoms with Gasteiger partial charge in [-0.1, -0.05) is 12.1 Å². The molecule has 0 bridgehead atoms. The molecule has 126 valence electrons. The predicted molar refractivity (Wildman–Crippen MR) is 92.5 cm³/mol. The van der Waals surface area contributed by atoms with E-state index in [0.717, 1.165) is 11.8 Å². The summed E-state index contributed by atoms with van der Waals surface area (Å²) in [6.07, 6.45) is 2.36. The van der Waals surface area contributed by atoms with Crippen LogP contribution in [-0.2, 0) is 13.2 Å². The number of ether oxygens (including phenoxy) is 1. The SMILES string of the molecule is O=Cc1ccc(OCc2cccc(C(=O)NCc3ccco3)c2)cc1. The summed E-state index contributed by atoms with van der Waals surface area (Å²) < 4.78 is 10.9. The second-order valence-corrected chi connectivity index (χ2v) is 5.44. The molecule has 0 unspecified atom stereocenters. The summed E-state index contributed by atoms with van der Waals surface area (Å²) in [5.41, 5.74) is 2.04. The van der Waals surface area contributed by atoms with Gasteiger partial charge in [0, 0.05) is 11.1 Å². The lowest BCUT2D eigenvalue weighted by atomic mass is 10.1.